The Morgan fingerprint density at radius 2 is 2.06 bits per heavy atom. The predicted molar refractivity (Wildman–Crippen MR) is 61.5 cm³/mol. The van der Waals surface area contributed by atoms with Crippen LogP contribution in [0.25, 0.3) is 0 Å². The summed E-state index contributed by atoms with van der Waals surface area (Å²) in [5.41, 5.74) is -0.658. The van der Waals surface area contributed by atoms with Gasteiger partial charge in [-0.15, -0.1) is 0 Å². The van der Waals surface area contributed by atoms with E-state index >= 15 is 0 Å². The van der Waals surface area contributed by atoms with E-state index in [4.69, 9.17) is 4.74 Å². The molecule has 94 valence electrons. The Bertz CT molecular complexity index is 384. The molecule has 0 aliphatic heterocycles. The first-order valence-corrected chi connectivity index (χ1v) is 4.95. The molecule has 0 aromatic carbocycles. The number of rotatable bonds is 2. The van der Waals surface area contributed by atoms with Crippen molar-refractivity contribution in [2.45, 2.75) is 26.4 Å². The number of quaternary nitrogens is 1. The molecule has 0 fully saturated rings. The molecule has 0 unspecified atom stereocenters. The molecule has 1 aromatic rings. The predicted octanol–water partition coefficient (Wildman–Crippen LogP) is 0.941. The smallest absolute Gasteiger partial charge is 0.413 e. The van der Waals surface area contributed by atoms with Gasteiger partial charge < -0.3 is 20.4 Å². The van der Waals surface area contributed by atoms with Crippen molar-refractivity contribution >= 4 is 17.6 Å². The lowest BCUT2D eigenvalue weighted by atomic mass is 10.2. The SMILES string of the molecule is CC(C)(C)OC(=O)Nc1ccc([NH+]([O-])[O-])cn1. The van der Waals surface area contributed by atoms with Crippen LogP contribution >= 0.6 is 0 Å². The molecule has 0 atom stereocenters. The first-order valence-electron chi connectivity index (χ1n) is 4.95. The van der Waals surface area contributed by atoms with Crippen LogP contribution < -0.4 is 10.5 Å². The van der Waals surface area contributed by atoms with E-state index in [1.54, 1.807) is 20.8 Å². The number of anilines is 1. The Balaban J connectivity index is 2.61. The van der Waals surface area contributed by atoms with Crippen molar-refractivity contribution in [2.75, 3.05) is 5.32 Å². The van der Waals surface area contributed by atoms with Crippen LogP contribution in [0.4, 0.5) is 16.3 Å². The Morgan fingerprint density at radius 1 is 1.41 bits per heavy atom. The topological polar surface area (TPSA) is 102 Å². The summed E-state index contributed by atoms with van der Waals surface area (Å²) in [6, 6.07) is 2.64. The molecule has 0 aliphatic carbocycles. The van der Waals surface area contributed by atoms with Crippen LogP contribution in [0.15, 0.2) is 18.3 Å². The van der Waals surface area contributed by atoms with Gasteiger partial charge in [0.25, 0.3) is 0 Å². The Kier molecular flexibility index (Phi) is 4.00. The van der Waals surface area contributed by atoms with Gasteiger partial charge in [-0.25, -0.2) is 9.78 Å². The monoisotopic (exact) mass is 240 g/mol. The summed E-state index contributed by atoms with van der Waals surface area (Å²) >= 11 is 0. The summed E-state index contributed by atoms with van der Waals surface area (Å²) in [6.45, 7) is 5.21. The van der Waals surface area contributed by atoms with Crippen LogP contribution in [0.2, 0.25) is 0 Å². The summed E-state index contributed by atoms with van der Waals surface area (Å²) in [6.07, 6.45) is 0.452. The number of carbonyl (C=O) groups excluding carboxylic acids is 1. The van der Waals surface area contributed by atoms with Crippen LogP contribution in [-0.4, -0.2) is 16.7 Å². The van der Waals surface area contributed by atoms with Gasteiger partial charge in [0.15, 0.2) is 0 Å². The minimum atomic E-state index is -1.32. The van der Waals surface area contributed by atoms with Crippen LogP contribution in [0.1, 0.15) is 20.8 Å². The van der Waals surface area contributed by atoms with E-state index in [1.807, 2.05) is 0 Å². The second-order valence-corrected chi connectivity index (χ2v) is 4.35. The highest BCUT2D eigenvalue weighted by atomic mass is 16.8. The van der Waals surface area contributed by atoms with Crippen molar-refractivity contribution in [3.63, 3.8) is 0 Å². The van der Waals surface area contributed by atoms with E-state index in [0.29, 0.717) is 0 Å². The number of carbonyl (C=O) groups is 1. The lowest BCUT2D eigenvalue weighted by molar-refractivity contribution is -0.715. The summed E-state index contributed by atoms with van der Waals surface area (Å²) in [7, 11) is 0. The van der Waals surface area contributed by atoms with Crippen molar-refractivity contribution in [3.05, 3.63) is 28.7 Å². The van der Waals surface area contributed by atoms with E-state index < -0.39 is 16.9 Å². The van der Waals surface area contributed by atoms with Gasteiger partial charge in [0, 0.05) is 6.07 Å². The highest BCUT2D eigenvalue weighted by Gasteiger charge is 2.16. The maximum absolute atomic E-state index is 11.3. The largest absolute Gasteiger partial charge is 0.628 e. The number of ether oxygens (including phenoxy) is 1. The Labute approximate surface area is 98.6 Å². The van der Waals surface area contributed by atoms with E-state index in [9.17, 15) is 15.2 Å². The van der Waals surface area contributed by atoms with Crippen molar-refractivity contribution in [3.8, 4) is 0 Å². The van der Waals surface area contributed by atoms with Gasteiger partial charge in [-0.1, -0.05) is 0 Å². The summed E-state index contributed by atoms with van der Waals surface area (Å²) < 4.78 is 5.00. The molecule has 0 bridgehead atoms. The molecule has 2 N–H and O–H groups in total. The fraction of sp³-hybridized carbons (Fsp3) is 0.400. The fourth-order valence-electron chi connectivity index (χ4n) is 0.997. The molecule has 17 heavy (non-hydrogen) atoms. The molecule has 1 rings (SSSR count). The molecule has 0 spiro atoms. The quantitative estimate of drug-likeness (QED) is 0.749. The zero-order valence-electron chi connectivity index (χ0n) is 9.81. The van der Waals surface area contributed by atoms with Gasteiger partial charge >= 0.3 is 6.09 Å². The average Bonchev–Trinajstić information content (AvgIpc) is 2.15. The van der Waals surface area contributed by atoms with Gasteiger partial charge in [-0.3, -0.25) is 5.32 Å². The summed E-state index contributed by atoms with van der Waals surface area (Å²) in [5.74, 6) is 0.212. The van der Waals surface area contributed by atoms with Crippen molar-refractivity contribution < 1.29 is 14.8 Å². The minimum absolute atomic E-state index is 0.0558. The Morgan fingerprint density at radius 3 is 2.47 bits per heavy atom. The first-order chi connectivity index (χ1) is 7.78. The second-order valence-electron chi connectivity index (χ2n) is 4.35. The number of pyridine rings is 1. The molecule has 0 radical (unpaired) electrons. The molecule has 1 heterocycles. The normalized spacial score (nSPS) is 11.4. The lowest BCUT2D eigenvalue weighted by Gasteiger charge is -2.24. The Hall–Kier alpha value is -1.70. The number of hydrogen-bond acceptors (Lipinski definition) is 5. The molecular formula is C10H14N3O4-. The molecule has 0 saturated carbocycles. The third kappa shape index (κ3) is 4.77. The number of amides is 1. The van der Waals surface area contributed by atoms with E-state index in [2.05, 4.69) is 10.3 Å². The minimum Gasteiger partial charge on any atom is -0.628 e. The maximum Gasteiger partial charge on any atom is 0.413 e. The third-order valence-corrected chi connectivity index (χ3v) is 1.63. The molecule has 1 amide bonds. The molecule has 0 aliphatic rings. The van der Waals surface area contributed by atoms with Crippen molar-refractivity contribution in [1.29, 1.82) is 0 Å². The van der Waals surface area contributed by atoms with Crippen LogP contribution in [0.3, 0.4) is 0 Å². The standard InChI is InChI=1S/C10H14N3O4/c1-10(2,3)17-9(14)12-8-5-4-7(6-11-8)13(15)16/h4-6,13H,1-3H3,(H,11,12,14)/q-1. The third-order valence-electron chi connectivity index (χ3n) is 1.63. The zero-order chi connectivity index (χ0) is 13.1. The van der Waals surface area contributed by atoms with Crippen molar-refractivity contribution in [2.24, 2.45) is 0 Å². The molecule has 7 nitrogen and oxygen atoms in total. The fourth-order valence-corrected chi connectivity index (χ4v) is 0.997. The molecule has 7 heteroatoms. The van der Waals surface area contributed by atoms with Gasteiger partial charge in [0.05, 0.1) is 6.20 Å². The number of nitrogens with one attached hydrogen (secondary N) is 2. The van der Waals surface area contributed by atoms with E-state index in [0.717, 1.165) is 6.20 Å². The summed E-state index contributed by atoms with van der Waals surface area (Å²) in [5, 5.41) is 22.0. The molecule has 1 aromatic heterocycles. The summed E-state index contributed by atoms with van der Waals surface area (Å²) in [4.78, 5) is 15.1. The number of nitrogens with zero attached hydrogens (tertiary/aromatic N) is 1. The van der Waals surface area contributed by atoms with E-state index in [-0.39, 0.29) is 11.5 Å². The van der Waals surface area contributed by atoms with Crippen LogP contribution in [0.5, 0.6) is 0 Å². The average molecular weight is 240 g/mol. The highest BCUT2D eigenvalue weighted by molar-refractivity contribution is 5.83. The van der Waals surface area contributed by atoms with Crippen LogP contribution in [0, 0.1) is 10.4 Å². The number of aromatic nitrogens is 1. The highest BCUT2D eigenvalue weighted by Crippen LogP contribution is 2.10. The second kappa shape index (κ2) is 5.09. The van der Waals surface area contributed by atoms with Gasteiger partial charge in [-0.05, 0) is 26.8 Å². The van der Waals surface area contributed by atoms with Gasteiger partial charge in [0.2, 0.25) is 0 Å². The first kappa shape index (κ1) is 13.4. The zero-order valence-corrected chi connectivity index (χ0v) is 9.81. The van der Waals surface area contributed by atoms with Crippen molar-refractivity contribution in [1.82, 2.24) is 4.98 Å². The maximum atomic E-state index is 11.3. The van der Waals surface area contributed by atoms with Crippen LogP contribution in [-0.2, 0) is 4.74 Å². The lowest BCUT2D eigenvalue weighted by Crippen LogP contribution is -2.96. The van der Waals surface area contributed by atoms with E-state index in [1.165, 1.54) is 12.1 Å². The molecule has 0 saturated heterocycles. The van der Waals surface area contributed by atoms with Gasteiger partial charge in [-0.2, -0.15) is 0 Å². The number of hydrogen-bond donors (Lipinski definition) is 2. The van der Waals surface area contributed by atoms with Gasteiger partial charge in [0.1, 0.15) is 17.1 Å². The molecular weight excluding hydrogens is 226 g/mol.